The lowest BCUT2D eigenvalue weighted by molar-refractivity contribution is 1.11. The first-order valence-corrected chi connectivity index (χ1v) is 13.8. The van der Waals surface area contributed by atoms with Gasteiger partial charge in [-0.15, -0.1) is 0 Å². The van der Waals surface area contributed by atoms with Crippen LogP contribution < -0.4 is 0 Å². The molecule has 9 aromatic rings. The summed E-state index contributed by atoms with van der Waals surface area (Å²) in [5.74, 6) is 0. The molecule has 0 fully saturated rings. The van der Waals surface area contributed by atoms with Crippen LogP contribution in [0.1, 0.15) is 0 Å². The quantitative estimate of drug-likeness (QED) is 0.232. The van der Waals surface area contributed by atoms with E-state index in [0.29, 0.717) is 0 Å². The highest BCUT2D eigenvalue weighted by molar-refractivity contribution is 6.11. The van der Waals surface area contributed by atoms with Gasteiger partial charge in [-0.25, -0.2) is 9.97 Å². The second-order valence-corrected chi connectivity index (χ2v) is 10.4. The second-order valence-electron chi connectivity index (χ2n) is 10.4. The van der Waals surface area contributed by atoms with Crippen molar-refractivity contribution in [3.8, 4) is 22.6 Å². The van der Waals surface area contributed by atoms with Gasteiger partial charge in [0.2, 0.25) is 0 Å². The van der Waals surface area contributed by atoms with Crippen LogP contribution in [-0.2, 0) is 0 Å². The molecule has 41 heavy (non-hydrogen) atoms. The van der Waals surface area contributed by atoms with Gasteiger partial charge >= 0.3 is 0 Å². The van der Waals surface area contributed by atoms with Gasteiger partial charge in [-0.1, -0.05) is 60.7 Å². The van der Waals surface area contributed by atoms with Crippen molar-refractivity contribution in [2.75, 3.05) is 0 Å². The lowest BCUT2D eigenvalue weighted by atomic mass is 10.1. The number of hydrogen-bond acceptors (Lipinski definition) is 2. The summed E-state index contributed by atoms with van der Waals surface area (Å²) >= 11 is 0. The van der Waals surface area contributed by atoms with Crippen LogP contribution in [0.25, 0.3) is 71.9 Å². The lowest BCUT2D eigenvalue weighted by Gasteiger charge is -2.12. The van der Waals surface area contributed by atoms with E-state index in [4.69, 9.17) is 9.97 Å². The number of fused-ring (bicyclic) bond motifs is 7. The monoisotopic (exact) mass is 525 g/mol. The largest absolute Gasteiger partial charge is 0.309 e. The van der Waals surface area contributed by atoms with Crippen molar-refractivity contribution in [2.24, 2.45) is 0 Å². The molecule has 0 atom stereocenters. The summed E-state index contributed by atoms with van der Waals surface area (Å²) < 4.78 is 6.71. The van der Waals surface area contributed by atoms with Crippen LogP contribution in [0.4, 0.5) is 0 Å². The first kappa shape index (κ1) is 22.2. The average Bonchev–Trinajstić information content (AvgIpc) is 3.71. The SMILES string of the molecule is c1cc(-n2c3ccccc3c3ccc(-c4ncn5ccccc45)cc32)cc(-n2c3ccccc3c3cccnc32)c1. The number of aromatic nitrogens is 5. The number of pyridine rings is 2. The molecular weight excluding hydrogens is 502 g/mol. The Hall–Kier alpha value is -5.68. The summed E-state index contributed by atoms with van der Waals surface area (Å²) in [5, 5.41) is 4.81. The number of hydrogen-bond donors (Lipinski definition) is 0. The predicted octanol–water partition coefficient (Wildman–Crippen LogP) is 8.59. The maximum Gasteiger partial charge on any atom is 0.145 e. The van der Waals surface area contributed by atoms with E-state index in [1.165, 1.54) is 21.7 Å². The van der Waals surface area contributed by atoms with Crippen molar-refractivity contribution in [1.82, 2.24) is 23.5 Å². The van der Waals surface area contributed by atoms with Crippen molar-refractivity contribution < 1.29 is 0 Å². The maximum absolute atomic E-state index is 4.80. The van der Waals surface area contributed by atoms with Crippen molar-refractivity contribution >= 4 is 49.3 Å². The zero-order valence-electron chi connectivity index (χ0n) is 22.0. The van der Waals surface area contributed by atoms with E-state index in [1.807, 2.05) is 30.9 Å². The molecule has 0 unspecified atom stereocenters. The molecule has 4 aromatic carbocycles. The molecule has 0 amide bonds. The molecule has 0 N–H and O–H groups in total. The van der Waals surface area contributed by atoms with Crippen LogP contribution in [0, 0.1) is 0 Å². The highest BCUT2D eigenvalue weighted by Gasteiger charge is 2.17. The summed E-state index contributed by atoms with van der Waals surface area (Å²) in [7, 11) is 0. The smallest absolute Gasteiger partial charge is 0.145 e. The van der Waals surface area contributed by atoms with Crippen LogP contribution in [0.5, 0.6) is 0 Å². The van der Waals surface area contributed by atoms with Gasteiger partial charge in [0, 0.05) is 50.9 Å². The number of imidazole rings is 1. The molecule has 5 heteroatoms. The van der Waals surface area contributed by atoms with Gasteiger partial charge in [-0.05, 0) is 60.7 Å². The van der Waals surface area contributed by atoms with Crippen molar-refractivity contribution in [3.05, 3.63) is 140 Å². The Balaban J connectivity index is 1.31. The zero-order chi connectivity index (χ0) is 26.9. The third-order valence-electron chi connectivity index (χ3n) is 8.17. The highest BCUT2D eigenvalue weighted by atomic mass is 15.1. The predicted molar refractivity (Wildman–Crippen MR) is 167 cm³/mol. The lowest BCUT2D eigenvalue weighted by Crippen LogP contribution is -1.99. The molecule has 0 bridgehead atoms. The number of rotatable bonds is 3. The van der Waals surface area contributed by atoms with Crippen LogP contribution >= 0.6 is 0 Å². The minimum absolute atomic E-state index is 0.960. The Labute approximate surface area is 235 Å². The number of para-hydroxylation sites is 2. The maximum atomic E-state index is 4.80. The molecule has 9 rings (SSSR count). The van der Waals surface area contributed by atoms with Gasteiger partial charge in [0.1, 0.15) is 5.65 Å². The van der Waals surface area contributed by atoms with E-state index in [1.54, 1.807) is 0 Å². The van der Waals surface area contributed by atoms with Gasteiger partial charge in [-0.2, -0.15) is 0 Å². The molecule has 5 nitrogen and oxygen atoms in total. The number of benzene rings is 4. The topological polar surface area (TPSA) is 40.0 Å². The molecule has 0 aliphatic heterocycles. The van der Waals surface area contributed by atoms with Crippen molar-refractivity contribution in [1.29, 1.82) is 0 Å². The zero-order valence-corrected chi connectivity index (χ0v) is 22.0. The molecule has 0 saturated carbocycles. The molecule has 0 saturated heterocycles. The first-order valence-electron chi connectivity index (χ1n) is 13.8. The normalized spacial score (nSPS) is 11.9. The minimum atomic E-state index is 0.960. The fraction of sp³-hybridized carbons (Fsp3) is 0. The van der Waals surface area contributed by atoms with Gasteiger partial charge < -0.3 is 8.97 Å². The van der Waals surface area contributed by atoms with E-state index in [9.17, 15) is 0 Å². The van der Waals surface area contributed by atoms with Crippen LogP contribution in [0.2, 0.25) is 0 Å². The fourth-order valence-electron chi connectivity index (χ4n) is 6.39. The summed E-state index contributed by atoms with van der Waals surface area (Å²) in [4.78, 5) is 9.58. The van der Waals surface area contributed by atoms with Crippen LogP contribution in [0.3, 0.4) is 0 Å². The third kappa shape index (κ3) is 3.17. The second kappa shape index (κ2) is 8.41. The van der Waals surface area contributed by atoms with Crippen molar-refractivity contribution in [3.63, 3.8) is 0 Å². The first-order chi connectivity index (χ1) is 20.3. The third-order valence-corrected chi connectivity index (χ3v) is 8.17. The van der Waals surface area contributed by atoms with Gasteiger partial charge in [-0.3, -0.25) is 4.57 Å². The Kier molecular flexibility index (Phi) is 4.55. The van der Waals surface area contributed by atoms with Crippen LogP contribution in [0.15, 0.2) is 140 Å². The molecule has 0 aliphatic carbocycles. The molecule has 0 radical (unpaired) electrons. The minimum Gasteiger partial charge on any atom is -0.309 e. The summed E-state index contributed by atoms with van der Waals surface area (Å²) in [5.41, 5.74) is 9.78. The van der Waals surface area contributed by atoms with Gasteiger partial charge in [0.25, 0.3) is 0 Å². The molecule has 5 aromatic heterocycles. The molecule has 5 heterocycles. The molecule has 192 valence electrons. The van der Waals surface area contributed by atoms with Gasteiger partial charge in [0.15, 0.2) is 0 Å². The fourth-order valence-corrected chi connectivity index (χ4v) is 6.39. The summed E-state index contributed by atoms with van der Waals surface area (Å²) in [6, 6.07) is 43.0. The van der Waals surface area contributed by atoms with Gasteiger partial charge in [0.05, 0.1) is 34.1 Å². The average molecular weight is 526 g/mol. The molecule has 0 aliphatic rings. The summed E-state index contributed by atoms with van der Waals surface area (Å²) in [6.07, 6.45) is 5.79. The molecule has 0 spiro atoms. The van der Waals surface area contributed by atoms with E-state index in [2.05, 4.69) is 123 Å². The summed E-state index contributed by atoms with van der Waals surface area (Å²) in [6.45, 7) is 0. The highest BCUT2D eigenvalue weighted by Crippen LogP contribution is 2.37. The Morgan fingerprint density at radius 3 is 2.02 bits per heavy atom. The standard InChI is InChI=1S/C36H23N5/c1-3-14-31-27(11-1)29-18-17-24(35-33-16-5-6-20-39(33)23-38-35)21-34(29)40(31)25-9-7-10-26(22-25)41-32-15-4-2-12-28(32)30-13-8-19-37-36(30)41/h1-23H. The molecular formula is C36H23N5. The van der Waals surface area contributed by atoms with Crippen molar-refractivity contribution in [2.45, 2.75) is 0 Å². The Morgan fingerprint density at radius 1 is 0.463 bits per heavy atom. The van der Waals surface area contributed by atoms with E-state index in [-0.39, 0.29) is 0 Å². The van der Waals surface area contributed by atoms with E-state index >= 15 is 0 Å². The van der Waals surface area contributed by atoms with E-state index in [0.717, 1.165) is 50.2 Å². The number of nitrogens with zero attached hydrogens (tertiary/aromatic N) is 5. The van der Waals surface area contributed by atoms with Crippen LogP contribution in [-0.4, -0.2) is 23.5 Å². The Morgan fingerprint density at radius 2 is 1.15 bits per heavy atom. The van der Waals surface area contributed by atoms with E-state index < -0.39 is 0 Å². The Bertz CT molecular complexity index is 2390.